The Labute approximate surface area is 125 Å². The van der Waals surface area contributed by atoms with E-state index in [2.05, 4.69) is 35.8 Å². The summed E-state index contributed by atoms with van der Waals surface area (Å²) in [6.07, 6.45) is 5.84. The monoisotopic (exact) mass is 292 g/mol. The molecular formula is C16H24N2OS. The molecular weight excluding hydrogens is 268 g/mol. The number of rotatable bonds is 4. The van der Waals surface area contributed by atoms with Crippen molar-refractivity contribution < 1.29 is 4.79 Å². The summed E-state index contributed by atoms with van der Waals surface area (Å²) in [5.41, 5.74) is 7.04. The highest BCUT2D eigenvalue weighted by Crippen LogP contribution is 2.25. The number of amides is 1. The van der Waals surface area contributed by atoms with E-state index >= 15 is 0 Å². The number of nitrogens with two attached hydrogens (primary N) is 1. The number of hydrogen-bond acceptors (Lipinski definition) is 3. The Bertz CT molecular complexity index is 438. The van der Waals surface area contributed by atoms with E-state index in [0.717, 1.165) is 31.2 Å². The molecule has 1 aliphatic rings. The van der Waals surface area contributed by atoms with E-state index in [0.29, 0.717) is 0 Å². The number of nitrogens with one attached hydrogen (secondary N) is 1. The Hall–Kier alpha value is -1.00. The van der Waals surface area contributed by atoms with Crippen LogP contribution < -0.4 is 11.1 Å². The van der Waals surface area contributed by atoms with Gasteiger partial charge in [-0.3, -0.25) is 4.79 Å². The first-order valence-electron chi connectivity index (χ1n) is 7.30. The number of carbonyl (C=O) groups is 1. The van der Waals surface area contributed by atoms with Crippen LogP contribution in [0.1, 0.15) is 44.2 Å². The molecule has 0 aromatic heterocycles. The smallest absolute Gasteiger partial charge is 0.223 e. The maximum absolute atomic E-state index is 12.3. The topological polar surface area (TPSA) is 55.1 Å². The largest absolute Gasteiger partial charge is 0.349 e. The average molecular weight is 292 g/mol. The summed E-state index contributed by atoms with van der Waals surface area (Å²) in [5.74, 6) is 0.320. The molecule has 1 amide bonds. The van der Waals surface area contributed by atoms with E-state index in [-0.39, 0.29) is 23.9 Å². The zero-order valence-electron chi connectivity index (χ0n) is 12.3. The molecule has 0 aliphatic heterocycles. The molecule has 20 heavy (non-hydrogen) atoms. The van der Waals surface area contributed by atoms with Crippen molar-refractivity contribution in [3.63, 3.8) is 0 Å². The van der Waals surface area contributed by atoms with E-state index in [9.17, 15) is 4.79 Å². The molecule has 1 unspecified atom stereocenters. The van der Waals surface area contributed by atoms with Crippen LogP contribution in [-0.2, 0) is 4.79 Å². The summed E-state index contributed by atoms with van der Waals surface area (Å²) < 4.78 is 0. The minimum absolute atomic E-state index is 0.0639. The summed E-state index contributed by atoms with van der Waals surface area (Å²) in [7, 11) is 0. The molecule has 110 valence electrons. The van der Waals surface area contributed by atoms with E-state index in [1.807, 2.05) is 6.92 Å². The van der Waals surface area contributed by atoms with Crippen molar-refractivity contribution in [3.05, 3.63) is 29.8 Å². The standard InChI is InChI=1S/C16H24N2OS/c1-11(12-5-9-15(20-2)10-6-12)18-16(19)13-3-7-14(17)8-4-13/h5-6,9-11,13-14H,3-4,7-8,17H2,1-2H3,(H,18,19). The number of carbonyl (C=O) groups excluding carboxylic acids is 1. The van der Waals surface area contributed by atoms with Crippen LogP contribution in [0.25, 0.3) is 0 Å². The lowest BCUT2D eigenvalue weighted by Gasteiger charge is -2.26. The summed E-state index contributed by atoms with van der Waals surface area (Å²) in [5, 5.41) is 3.13. The Morgan fingerprint density at radius 1 is 1.25 bits per heavy atom. The molecule has 1 atom stereocenters. The highest BCUT2D eigenvalue weighted by atomic mass is 32.2. The molecule has 0 radical (unpaired) electrons. The third-order valence-corrected chi connectivity index (χ3v) is 4.86. The average Bonchev–Trinajstić information content (AvgIpc) is 2.48. The van der Waals surface area contributed by atoms with Crippen molar-refractivity contribution in [1.29, 1.82) is 0 Å². The van der Waals surface area contributed by atoms with E-state index in [1.165, 1.54) is 4.90 Å². The van der Waals surface area contributed by atoms with Crippen molar-refractivity contribution in [3.8, 4) is 0 Å². The number of thioether (sulfide) groups is 1. The number of hydrogen-bond donors (Lipinski definition) is 2. The van der Waals surface area contributed by atoms with Gasteiger partial charge < -0.3 is 11.1 Å². The fourth-order valence-electron chi connectivity index (χ4n) is 2.69. The molecule has 1 aromatic carbocycles. The molecule has 2 rings (SSSR count). The van der Waals surface area contributed by atoms with E-state index in [1.54, 1.807) is 11.8 Å². The van der Waals surface area contributed by atoms with Crippen LogP contribution in [0.3, 0.4) is 0 Å². The third-order valence-electron chi connectivity index (χ3n) is 4.12. The van der Waals surface area contributed by atoms with Gasteiger partial charge in [0, 0.05) is 16.9 Å². The maximum Gasteiger partial charge on any atom is 0.223 e. The first-order valence-corrected chi connectivity index (χ1v) is 8.52. The fraction of sp³-hybridized carbons (Fsp3) is 0.562. The second-order valence-corrected chi connectivity index (χ2v) is 6.49. The molecule has 1 fully saturated rings. The normalized spacial score (nSPS) is 24.1. The van der Waals surface area contributed by atoms with Gasteiger partial charge in [-0.15, -0.1) is 11.8 Å². The summed E-state index contributed by atoms with van der Waals surface area (Å²) in [6, 6.07) is 8.73. The molecule has 3 nitrogen and oxygen atoms in total. The van der Waals surface area contributed by atoms with Crippen LogP contribution in [-0.4, -0.2) is 18.2 Å². The predicted octanol–water partition coefficient (Wildman–Crippen LogP) is 3.10. The fourth-order valence-corrected chi connectivity index (χ4v) is 3.10. The van der Waals surface area contributed by atoms with Crippen LogP contribution in [0.2, 0.25) is 0 Å². The van der Waals surface area contributed by atoms with Crippen molar-refractivity contribution >= 4 is 17.7 Å². The van der Waals surface area contributed by atoms with Crippen molar-refractivity contribution in [1.82, 2.24) is 5.32 Å². The van der Waals surface area contributed by atoms with Gasteiger partial charge in [0.2, 0.25) is 5.91 Å². The summed E-state index contributed by atoms with van der Waals surface area (Å²) in [6.45, 7) is 2.04. The Morgan fingerprint density at radius 2 is 1.85 bits per heavy atom. The third kappa shape index (κ3) is 4.00. The lowest BCUT2D eigenvalue weighted by atomic mass is 9.85. The highest BCUT2D eigenvalue weighted by molar-refractivity contribution is 7.98. The Kier molecular flexibility index (Phi) is 5.49. The minimum atomic E-state index is 0.0639. The van der Waals surface area contributed by atoms with Gasteiger partial charge in [0.15, 0.2) is 0 Å². The first-order chi connectivity index (χ1) is 9.60. The second kappa shape index (κ2) is 7.14. The van der Waals surface area contributed by atoms with Gasteiger partial charge in [-0.2, -0.15) is 0 Å². The van der Waals surface area contributed by atoms with Crippen molar-refractivity contribution in [2.24, 2.45) is 11.7 Å². The van der Waals surface area contributed by atoms with Gasteiger partial charge in [0.25, 0.3) is 0 Å². The highest BCUT2D eigenvalue weighted by Gasteiger charge is 2.25. The Morgan fingerprint density at radius 3 is 2.40 bits per heavy atom. The molecule has 4 heteroatoms. The van der Waals surface area contributed by atoms with Crippen molar-refractivity contribution in [2.75, 3.05) is 6.26 Å². The second-order valence-electron chi connectivity index (χ2n) is 5.62. The van der Waals surface area contributed by atoms with Crippen LogP contribution in [0.5, 0.6) is 0 Å². The predicted molar refractivity (Wildman–Crippen MR) is 84.7 cm³/mol. The zero-order valence-corrected chi connectivity index (χ0v) is 13.1. The van der Waals surface area contributed by atoms with Crippen LogP contribution in [0.15, 0.2) is 29.2 Å². The summed E-state index contributed by atoms with van der Waals surface area (Å²) in [4.78, 5) is 13.5. The SMILES string of the molecule is CSc1ccc(C(C)NC(=O)C2CCC(N)CC2)cc1. The molecule has 1 aromatic rings. The van der Waals surface area contributed by atoms with Gasteiger partial charge in [-0.1, -0.05) is 12.1 Å². The van der Waals surface area contributed by atoms with Crippen LogP contribution >= 0.6 is 11.8 Å². The molecule has 0 heterocycles. The summed E-state index contributed by atoms with van der Waals surface area (Å²) >= 11 is 1.73. The maximum atomic E-state index is 12.3. The van der Waals surface area contributed by atoms with Gasteiger partial charge in [0.1, 0.15) is 0 Å². The van der Waals surface area contributed by atoms with Crippen LogP contribution in [0, 0.1) is 5.92 Å². The molecule has 0 bridgehead atoms. The first kappa shape index (κ1) is 15.4. The van der Waals surface area contributed by atoms with Gasteiger partial charge in [-0.05, 0) is 56.6 Å². The van der Waals surface area contributed by atoms with Gasteiger partial charge in [-0.25, -0.2) is 0 Å². The van der Waals surface area contributed by atoms with Gasteiger partial charge >= 0.3 is 0 Å². The molecule has 3 N–H and O–H groups in total. The molecule has 1 aliphatic carbocycles. The van der Waals surface area contributed by atoms with E-state index in [4.69, 9.17) is 5.73 Å². The molecule has 0 saturated heterocycles. The lowest BCUT2D eigenvalue weighted by molar-refractivity contribution is -0.126. The van der Waals surface area contributed by atoms with Gasteiger partial charge in [0.05, 0.1) is 6.04 Å². The Balaban J connectivity index is 1.89. The van der Waals surface area contributed by atoms with Crippen LogP contribution in [0.4, 0.5) is 0 Å². The number of benzene rings is 1. The minimum Gasteiger partial charge on any atom is -0.349 e. The van der Waals surface area contributed by atoms with Crippen molar-refractivity contribution in [2.45, 2.75) is 49.6 Å². The lowest BCUT2D eigenvalue weighted by Crippen LogP contribution is -2.37. The quantitative estimate of drug-likeness (QED) is 0.838. The molecule has 1 saturated carbocycles. The van der Waals surface area contributed by atoms with E-state index < -0.39 is 0 Å². The zero-order chi connectivity index (χ0) is 14.5. The molecule has 0 spiro atoms.